The minimum atomic E-state index is 0.143. The van der Waals surface area contributed by atoms with Crippen LogP contribution in [-0.4, -0.2) is 37.8 Å². The smallest absolute Gasteiger partial charge is 0.181 e. The normalized spacial score (nSPS) is 22.2. The van der Waals surface area contributed by atoms with Crippen LogP contribution in [0.5, 0.6) is 0 Å². The van der Waals surface area contributed by atoms with E-state index in [9.17, 15) is 0 Å². The Bertz CT molecular complexity index is 520. The molecule has 5 heteroatoms. The number of oxazole rings is 1. The molecule has 0 spiro atoms. The number of morpholine rings is 1. The van der Waals surface area contributed by atoms with Crippen LogP contribution in [0.2, 0.25) is 0 Å². The first-order valence-corrected chi connectivity index (χ1v) is 6.21. The summed E-state index contributed by atoms with van der Waals surface area (Å²) in [4.78, 5) is 4.13. The number of likely N-dealkylation sites (N-methyl/N-ethyl adjacent to an activating group) is 1. The maximum Gasteiger partial charge on any atom is 0.181 e. The SMILES string of the molecule is CNC(c1ccc2ncoc2c1)C1CNCCO1. The van der Waals surface area contributed by atoms with Crippen LogP contribution in [0.25, 0.3) is 11.1 Å². The Labute approximate surface area is 106 Å². The lowest BCUT2D eigenvalue weighted by molar-refractivity contribution is 0.00539. The fourth-order valence-electron chi connectivity index (χ4n) is 2.43. The van der Waals surface area contributed by atoms with Gasteiger partial charge in [0.05, 0.1) is 18.8 Å². The number of ether oxygens (including phenoxy) is 1. The Morgan fingerprint density at radius 1 is 1.50 bits per heavy atom. The van der Waals surface area contributed by atoms with E-state index in [-0.39, 0.29) is 12.1 Å². The highest BCUT2D eigenvalue weighted by Crippen LogP contribution is 2.23. The average molecular weight is 247 g/mol. The van der Waals surface area contributed by atoms with Gasteiger partial charge in [-0.25, -0.2) is 4.98 Å². The summed E-state index contributed by atoms with van der Waals surface area (Å²) >= 11 is 0. The Morgan fingerprint density at radius 2 is 2.44 bits per heavy atom. The molecule has 2 unspecified atom stereocenters. The van der Waals surface area contributed by atoms with E-state index in [1.165, 1.54) is 6.39 Å². The van der Waals surface area contributed by atoms with Gasteiger partial charge in [-0.05, 0) is 24.7 Å². The molecule has 1 fully saturated rings. The molecule has 3 rings (SSSR count). The van der Waals surface area contributed by atoms with Crippen LogP contribution in [0, 0.1) is 0 Å². The summed E-state index contributed by atoms with van der Waals surface area (Å²) in [5, 5.41) is 6.67. The van der Waals surface area contributed by atoms with Crippen molar-refractivity contribution < 1.29 is 9.15 Å². The summed E-state index contributed by atoms with van der Waals surface area (Å²) in [6.07, 6.45) is 1.62. The third kappa shape index (κ3) is 2.12. The molecular weight excluding hydrogens is 230 g/mol. The molecule has 18 heavy (non-hydrogen) atoms. The lowest BCUT2D eigenvalue weighted by atomic mass is 10.0. The van der Waals surface area contributed by atoms with Crippen molar-refractivity contribution in [3.63, 3.8) is 0 Å². The third-order valence-electron chi connectivity index (χ3n) is 3.35. The molecule has 0 saturated carbocycles. The van der Waals surface area contributed by atoms with Gasteiger partial charge in [0.15, 0.2) is 12.0 Å². The van der Waals surface area contributed by atoms with Crippen molar-refractivity contribution in [3.8, 4) is 0 Å². The fraction of sp³-hybridized carbons (Fsp3) is 0.462. The van der Waals surface area contributed by atoms with Crippen LogP contribution >= 0.6 is 0 Å². The lowest BCUT2D eigenvalue weighted by Gasteiger charge is -2.31. The molecule has 1 aromatic heterocycles. The van der Waals surface area contributed by atoms with Gasteiger partial charge in [0.1, 0.15) is 5.52 Å². The maximum absolute atomic E-state index is 5.81. The average Bonchev–Trinajstić information content (AvgIpc) is 2.88. The van der Waals surface area contributed by atoms with Crippen LogP contribution in [0.3, 0.4) is 0 Å². The summed E-state index contributed by atoms with van der Waals surface area (Å²) in [5.41, 5.74) is 2.86. The minimum absolute atomic E-state index is 0.143. The number of hydrogen-bond acceptors (Lipinski definition) is 5. The molecule has 0 radical (unpaired) electrons. The molecule has 5 nitrogen and oxygen atoms in total. The predicted molar refractivity (Wildman–Crippen MR) is 68.4 cm³/mol. The molecule has 1 aliphatic heterocycles. The van der Waals surface area contributed by atoms with E-state index in [1.807, 2.05) is 19.2 Å². The van der Waals surface area contributed by atoms with Crippen LogP contribution in [0.15, 0.2) is 29.0 Å². The van der Waals surface area contributed by atoms with E-state index in [2.05, 4.69) is 21.7 Å². The standard InChI is InChI=1S/C13H17N3O2/c1-14-13(12-7-15-4-5-17-12)9-2-3-10-11(6-9)18-8-16-10/h2-3,6,8,12-15H,4-5,7H2,1H3. The highest BCUT2D eigenvalue weighted by molar-refractivity contribution is 5.72. The minimum Gasteiger partial charge on any atom is -0.443 e. The van der Waals surface area contributed by atoms with Crippen LogP contribution in [0.1, 0.15) is 11.6 Å². The summed E-state index contributed by atoms with van der Waals surface area (Å²) in [6, 6.07) is 6.24. The number of hydrogen-bond donors (Lipinski definition) is 2. The first-order valence-electron chi connectivity index (χ1n) is 6.21. The van der Waals surface area contributed by atoms with E-state index in [4.69, 9.17) is 9.15 Å². The zero-order chi connectivity index (χ0) is 12.4. The number of aromatic nitrogens is 1. The number of benzene rings is 1. The first-order chi connectivity index (χ1) is 8.88. The van der Waals surface area contributed by atoms with Gasteiger partial charge >= 0.3 is 0 Å². The number of nitrogens with zero attached hydrogens (tertiary/aromatic N) is 1. The molecule has 0 bridgehead atoms. The van der Waals surface area contributed by atoms with Crippen molar-refractivity contribution in [2.75, 3.05) is 26.7 Å². The van der Waals surface area contributed by atoms with Crippen molar-refractivity contribution in [1.82, 2.24) is 15.6 Å². The highest BCUT2D eigenvalue weighted by atomic mass is 16.5. The lowest BCUT2D eigenvalue weighted by Crippen LogP contribution is -2.45. The molecule has 0 aliphatic carbocycles. The van der Waals surface area contributed by atoms with Gasteiger partial charge in [-0.1, -0.05) is 6.07 Å². The van der Waals surface area contributed by atoms with Crippen molar-refractivity contribution in [3.05, 3.63) is 30.2 Å². The van der Waals surface area contributed by atoms with Crippen molar-refractivity contribution in [2.24, 2.45) is 0 Å². The summed E-state index contributed by atoms with van der Waals surface area (Å²) in [6.45, 7) is 2.54. The Hall–Kier alpha value is -1.43. The molecule has 1 saturated heterocycles. The first kappa shape index (κ1) is 11.6. The molecule has 1 aliphatic rings. The van der Waals surface area contributed by atoms with Gasteiger partial charge < -0.3 is 19.8 Å². The number of rotatable bonds is 3. The summed E-state index contributed by atoms with van der Waals surface area (Å²) in [5.74, 6) is 0. The third-order valence-corrected chi connectivity index (χ3v) is 3.35. The molecule has 1 aromatic carbocycles. The highest BCUT2D eigenvalue weighted by Gasteiger charge is 2.24. The van der Waals surface area contributed by atoms with Gasteiger partial charge in [-0.3, -0.25) is 0 Å². The van der Waals surface area contributed by atoms with Gasteiger partial charge in [0.25, 0.3) is 0 Å². The molecule has 2 aromatic rings. The van der Waals surface area contributed by atoms with Crippen LogP contribution < -0.4 is 10.6 Å². The van der Waals surface area contributed by atoms with Crippen LogP contribution in [-0.2, 0) is 4.74 Å². The van der Waals surface area contributed by atoms with Gasteiger partial charge in [-0.2, -0.15) is 0 Å². The van der Waals surface area contributed by atoms with Crippen molar-refractivity contribution >= 4 is 11.1 Å². The molecule has 0 amide bonds. The monoisotopic (exact) mass is 247 g/mol. The topological polar surface area (TPSA) is 59.3 Å². The molecule has 2 heterocycles. The molecular formula is C13H17N3O2. The van der Waals surface area contributed by atoms with Crippen molar-refractivity contribution in [1.29, 1.82) is 0 Å². The molecule has 96 valence electrons. The van der Waals surface area contributed by atoms with E-state index in [1.54, 1.807) is 0 Å². The largest absolute Gasteiger partial charge is 0.443 e. The second kappa shape index (κ2) is 5.06. The Morgan fingerprint density at radius 3 is 3.22 bits per heavy atom. The Balaban J connectivity index is 1.89. The van der Waals surface area contributed by atoms with E-state index < -0.39 is 0 Å². The molecule has 2 N–H and O–H groups in total. The Kier molecular flexibility index (Phi) is 3.27. The fourth-order valence-corrected chi connectivity index (χ4v) is 2.43. The summed E-state index contributed by atoms with van der Waals surface area (Å²) in [7, 11) is 1.95. The molecule has 2 atom stereocenters. The van der Waals surface area contributed by atoms with E-state index >= 15 is 0 Å². The summed E-state index contributed by atoms with van der Waals surface area (Å²) < 4.78 is 11.2. The number of nitrogens with one attached hydrogen (secondary N) is 2. The maximum atomic E-state index is 5.81. The van der Waals surface area contributed by atoms with Gasteiger partial charge in [0.2, 0.25) is 0 Å². The predicted octanol–water partition coefficient (Wildman–Crippen LogP) is 1.08. The van der Waals surface area contributed by atoms with Crippen molar-refractivity contribution in [2.45, 2.75) is 12.1 Å². The number of fused-ring (bicyclic) bond motifs is 1. The van der Waals surface area contributed by atoms with E-state index in [0.29, 0.717) is 0 Å². The quantitative estimate of drug-likeness (QED) is 0.850. The van der Waals surface area contributed by atoms with E-state index in [0.717, 1.165) is 36.4 Å². The second-order valence-corrected chi connectivity index (χ2v) is 4.46. The van der Waals surface area contributed by atoms with Gasteiger partial charge in [-0.15, -0.1) is 0 Å². The zero-order valence-corrected chi connectivity index (χ0v) is 10.3. The zero-order valence-electron chi connectivity index (χ0n) is 10.3. The van der Waals surface area contributed by atoms with Gasteiger partial charge in [0, 0.05) is 13.1 Å². The second-order valence-electron chi connectivity index (χ2n) is 4.46. The van der Waals surface area contributed by atoms with Crippen LogP contribution in [0.4, 0.5) is 0 Å².